The molecule has 4 rings (SSSR count). The SMILES string of the molecule is COc1ccccc1N1CCN(C(=O)CSc2nc3ccccc3s2)CC1. The maximum absolute atomic E-state index is 12.6. The number of carbonyl (C=O) groups is 1. The van der Waals surface area contributed by atoms with Gasteiger partial charge in [-0.15, -0.1) is 11.3 Å². The molecule has 1 saturated heterocycles. The highest BCUT2D eigenvalue weighted by Crippen LogP contribution is 2.30. The largest absolute Gasteiger partial charge is 0.495 e. The average molecular weight is 400 g/mol. The summed E-state index contributed by atoms with van der Waals surface area (Å²) in [5.41, 5.74) is 2.10. The Morgan fingerprint density at radius 1 is 1.11 bits per heavy atom. The second kappa shape index (κ2) is 8.19. The predicted molar refractivity (Wildman–Crippen MR) is 112 cm³/mol. The third kappa shape index (κ3) is 4.04. The van der Waals surface area contributed by atoms with Gasteiger partial charge in [-0.1, -0.05) is 36.0 Å². The highest BCUT2D eigenvalue weighted by atomic mass is 32.2. The van der Waals surface area contributed by atoms with Crippen molar-refractivity contribution in [1.29, 1.82) is 0 Å². The van der Waals surface area contributed by atoms with Gasteiger partial charge in [-0.25, -0.2) is 4.98 Å². The molecule has 0 radical (unpaired) electrons. The molecule has 3 aromatic rings. The number of fused-ring (bicyclic) bond motifs is 1. The number of thiazole rings is 1. The molecule has 1 amide bonds. The van der Waals surface area contributed by atoms with Crippen LogP contribution in [0.15, 0.2) is 52.9 Å². The molecule has 0 saturated carbocycles. The molecular weight excluding hydrogens is 378 g/mol. The summed E-state index contributed by atoms with van der Waals surface area (Å²) in [5.74, 6) is 1.50. The Kier molecular flexibility index (Phi) is 5.50. The monoisotopic (exact) mass is 399 g/mol. The van der Waals surface area contributed by atoms with Gasteiger partial charge in [0, 0.05) is 26.2 Å². The van der Waals surface area contributed by atoms with E-state index in [4.69, 9.17) is 4.74 Å². The minimum absolute atomic E-state index is 0.180. The van der Waals surface area contributed by atoms with Crippen LogP contribution in [0, 0.1) is 0 Å². The van der Waals surface area contributed by atoms with E-state index in [0.717, 1.165) is 52.2 Å². The molecule has 140 valence electrons. The number of piperazine rings is 1. The molecule has 0 aliphatic carbocycles. The first kappa shape index (κ1) is 18.1. The van der Waals surface area contributed by atoms with E-state index >= 15 is 0 Å². The van der Waals surface area contributed by atoms with Crippen molar-refractivity contribution in [2.75, 3.05) is 43.9 Å². The summed E-state index contributed by atoms with van der Waals surface area (Å²) in [4.78, 5) is 21.4. The molecular formula is C20H21N3O2S2. The molecule has 0 spiro atoms. The van der Waals surface area contributed by atoms with Gasteiger partial charge in [0.25, 0.3) is 0 Å². The Morgan fingerprint density at radius 3 is 2.63 bits per heavy atom. The first-order valence-corrected chi connectivity index (χ1v) is 10.7. The Labute approximate surface area is 166 Å². The molecule has 0 bridgehead atoms. The topological polar surface area (TPSA) is 45.7 Å². The van der Waals surface area contributed by atoms with Gasteiger partial charge in [0.05, 0.1) is 28.8 Å². The van der Waals surface area contributed by atoms with Crippen molar-refractivity contribution in [3.63, 3.8) is 0 Å². The lowest BCUT2D eigenvalue weighted by Gasteiger charge is -2.36. The number of benzene rings is 2. The number of hydrogen-bond acceptors (Lipinski definition) is 6. The van der Waals surface area contributed by atoms with Crippen molar-refractivity contribution >= 4 is 44.9 Å². The molecule has 2 heterocycles. The van der Waals surface area contributed by atoms with Gasteiger partial charge in [0.15, 0.2) is 4.34 Å². The summed E-state index contributed by atoms with van der Waals surface area (Å²) < 4.78 is 7.57. The average Bonchev–Trinajstić information content (AvgIpc) is 3.15. The van der Waals surface area contributed by atoms with Crippen molar-refractivity contribution in [3.8, 4) is 5.75 Å². The quantitative estimate of drug-likeness (QED) is 0.612. The van der Waals surface area contributed by atoms with Gasteiger partial charge < -0.3 is 14.5 Å². The fraction of sp³-hybridized carbons (Fsp3) is 0.300. The number of nitrogens with zero attached hydrogens (tertiary/aromatic N) is 3. The lowest BCUT2D eigenvalue weighted by Crippen LogP contribution is -2.49. The van der Waals surface area contributed by atoms with E-state index in [-0.39, 0.29) is 5.91 Å². The molecule has 7 heteroatoms. The lowest BCUT2D eigenvalue weighted by molar-refractivity contribution is -0.128. The molecule has 27 heavy (non-hydrogen) atoms. The van der Waals surface area contributed by atoms with E-state index in [9.17, 15) is 4.79 Å². The normalized spacial score (nSPS) is 14.6. The number of amides is 1. The maximum Gasteiger partial charge on any atom is 0.233 e. The molecule has 1 aromatic heterocycles. The zero-order valence-corrected chi connectivity index (χ0v) is 16.8. The summed E-state index contributed by atoms with van der Waals surface area (Å²) in [7, 11) is 1.69. The second-order valence-electron chi connectivity index (χ2n) is 6.28. The van der Waals surface area contributed by atoms with E-state index in [1.54, 1.807) is 18.4 Å². The first-order chi connectivity index (χ1) is 13.2. The van der Waals surface area contributed by atoms with E-state index in [0.29, 0.717) is 5.75 Å². The highest BCUT2D eigenvalue weighted by Gasteiger charge is 2.23. The van der Waals surface area contributed by atoms with Crippen LogP contribution in [0.2, 0.25) is 0 Å². The zero-order valence-electron chi connectivity index (χ0n) is 15.1. The molecule has 5 nitrogen and oxygen atoms in total. The molecule has 0 N–H and O–H groups in total. The summed E-state index contributed by atoms with van der Waals surface area (Å²) >= 11 is 3.18. The molecule has 1 aliphatic rings. The van der Waals surface area contributed by atoms with Crippen molar-refractivity contribution in [2.24, 2.45) is 0 Å². The molecule has 1 fully saturated rings. The fourth-order valence-electron chi connectivity index (χ4n) is 3.22. The van der Waals surface area contributed by atoms with Crippen LogP contribution in [0.5, 0.6) is 5.75 Å². The van der Waals surface area contributed by atoms with Crippen LogP contribution in [0.25, 0.3) is 10.2 Å². The number of aromatic nitrogens is 1. The van der Waals surface area contributed by atoms with Gasteiger partial charge in [-0.3, -0.25) is 4.79 Å². The van der Waals surface area contributed by atoms with Crippen LogP contribution in [-0.4, -0.2) is 54.8 Å². The number of carbonyl (C=O) groups excluding carboxylic acids is 1. The Bertz CT molecular complexity index is 903. The van der Waals surface area contributed by atoms with E-state index in [2.05, 4.69) is 22.0 Å². The predicted octanol–water partition coefficient (Wildman–Crippen LogP) is 3.75. The van der Waals surface area contributed by atoms with Crippen molar-refractivity contribution < 1.29 is 9.53 Å². The molecule has 0 unspecified atom stereocenters. The summed E-state index contributed by atoms with van der Waals surface area (Å²) in [6, 6.07) is 16.1. The summed E-state index contributed by atoms with van der Waals surface area (Å²) in [6.07, 6.45) is 0. The Morgan fingerprint density at radius 2 is 1.85 bits per heavy atom. The van der Waals surface area contributed by atoms with E-state index in [1.807, 2.05) is 41.3 Å². The van der Waals surface area contributed by atoms with E-state index in [1.165, 1.54) is 11.8 Å². The van der Waals surface area contributed by atoms with Crippen LogP contribution in [0.4, 0.5) is 5.69 Å². The van der Waals surface area contributed by atoms with Gasteiger partial charge in [-0.05, 0) is 24.3 Å². The minimum atomic E-state index is 0.180. The number of rotatable bonds is 5. The number of methoxy groups -OCH3 is 1. The third-order valence-corrected chi connectivity index (χ3v) is 6.82. The molecule has 0 atom stereocenters. The Hall–Kier alpha value is -2.25. The third-order valence-electron chi connectivity index (χ3n) is 4.65. The molecule has 1 aliphatic heterocycles. The van der Waals surface area contributed by atoms with Gasteiger partial charge >= 0.3 is 0 Å². The van der Waals surface area contributed by atoms with Crippen LogP contribution >= 0.6 is 23.1 Å². The minimum Gasteiger partial charge on any atom is -0.495 e. The first-order valence-electron chi connectivity index (χ1n) is 8.89. The lowest BCUT2D eigenvalue weighted by atomic mass is 10.2. The Balaban J connectivity index is 1.32. The van der Waals surface area contributed by atoms with Crippen LogP contribution in [0.3, 0.4) is 0 Å². The van der Waals surface area contributed by atoms with Gasteiger partial charge in [0.2, 0.25) is 5.91 Å². The highest BCUT2D eigenvalue weighted by molar-refractivity contribution is 8.01. The maximum atomic E-state index is 12.6. The smallest absolute Gasteiger partial charge is 0.233 e. The number of hydrogen-bond donors (Lipinski definition) is 0. The molecule has 2 aromatic carbocycles. The van der Waals surface area contributed by atoms with Crippen LogP contribution in [-0.2, 0) is 4.79 Å². The van der Waals surface area contributed by atoms with Crippen molar-refractivity contribution in [3.05, 3.63) is 48.5 Å². The van der Waals surface area contributed by atoms with Crippen LogP contribution in [0.1, 0.15) is 0 Å². The number of thioether (sulfide) groups is 1. The van der Waals surface area contributed by atoms with Gasteiger partial charge in [-0.2, -0.15) is 0 Å². The zero-order chi connectivity index (χ0) is 18.6. The number of ether oxygens (including phenoxy) is 1. The van der Waals surface area contributed by atoms with Crippen molar-refractivity contribution in [1.82, 2.24) is 9.88 Å². The summed E-state index contributed by atoms with van der Waals surface area (Å²) in [5, 5.41) is 0. The second-order valence-corrected chi connectivity index (χ2v) is 8.53. The van der Waals surface area contributed by atoms with E-state index < -0.39 is 0 Å². The number of anilines is 1. The fourth-order valence-corrected chi connectivity index (χ4v) is 5.19. The van der Waals surface area contributed by atoms with Gasteiger partial charge in [0.1, 0.15) is 5.75 Å². The van der Waals surface area contributed by atoms with Crippen molar-refractivity contribution in [2.45, 2.75) is 4.34 Å². The standard InChI is InChI=1S/C20H21N3O2S2/c1-25-17-8-4-3-7-16(17)22-10-12-23(13-11-22)19(24)14-26-20-21-15-6-2-5-9-18(15)27-20/h2-9H,10-14H2,1H3. The summed E-state index contributed by atoms with van der Waals surface area (Å²) in [6.45, 7) is 3.10. The van der Waals surface area contributed by atoms with Crippen LogP contribution < -0.4 is 9.64 Å². The number of para-hydroxylation sites is 3.